The monoisotopic (exact) mass is 531 g/mol. The second-order valence-electron chi connectivity index (χ2n) is 14.0. The number of hydrogen-bond donors (Lipinski definition) is 0. The maximum Gasteiger partial charge on any atom is 0.344 e. The lowest BCUT2D eigenvalue weighted by Gasteiger charge is -2.62. The van der Waals surface area contributed by atoms with E-state index in [1.807, 2.05) is 11.8 Å². The highest BCUT2D eigenvalue weighted by molar-refractivity contribution is 5.80. The molecule has 5 rings (SSSR count). The molecular weight excluding hydrogens is 482 g/mol. The Bertz CT molecular complexity index is 931. The average molecular weight is 532 g/mol. The number of nitrogens with zero attached hydrogens (tertiary/aromatic N) is 1. The van der Waals surface area contributed by atoms with E-state index in [4.69, 9.17) is 14.2 Å². The number of ketones is 1. The van der Waals surface area contributed by atoms with E-state index in [0.29, 0.717) is 49.8 Å². The molecule has 0 spiro atoms. The van der Waals surface area contributed by atoms with Crippen LogP contribution in [0.3, 0.4) is 0 Å². The maximum absolute atomic E-state index is 12.8. The molecule has 5 fully saturated rings. The summed E-state index contributed by atoms with van der Waals surface area (Å²) in [5.41, 5.74) is -0.0528. The predicted molar refractivity (Wildman–Crippen MR) is 143 cm³/mol. The third kappa shape index (κ3) is 4.95. The number of hydrogen-bond acceptors (Lipinski definition) is 7. The van der Waals surface area contributed by atoms with Gasteiger partial charge >= 0.3 is 11.9 Å². The Balaban J connectivity index is 1.16. The quantitative estimate of drug-likeness (QED) is 0.455. The first kappa shape index (κ1) is 28.1. The molecule has 0 radical (unpaired) electrons. The summed E-state index contributed by atoms with van der Waals surface area (Å²) in [6.07, 6.45) is 9.89. The molecule has 7 nitrogen and oxygen atoms in total. The molecule has 5 aliphatic rings. The summed E-state index contributed by atoms with van der Waals surface area (Å²) >= 11 is 0. The molecule has 0 aromatic rings. The summed E-state index contributed by atoms with van der Waals surface area (Å²) in [6.45, 7) is 12.9. The highest BCUT2D eigenvalue weighted by Crippen LogP contribution is 2.68. The van der Waals surface area contributed by atoms with Gasteiger partial charge in [-0.25, -0.2) is 4.79 Å². The van der Waals surface area contributed by atoms with Gasteiger partial charge in [0.15, 0.2) is 6.61 Å². The van der Waals surface area contributed by atoms with Crippen LogP contribution in [0.2, 0.25) is 0 Å². The molecule has 1 saturated heterocycles. The zero-order chi connectivity index (χ0) is 27.3. The molecule has 1 heterocycles. The van der Waals surface area contributed by atoms with Gasteiger partial charge in [-0.3, -0.25) is 14.5 Å². The smallest absolute Gasteiger partial charge is 0.344 e. The first-order valence-corrected chi connectivity index (χ1v) is 15.2. The number of Topliss-reactive ketones (excluding diaryl/α,β-unsaturated/α-hetero) is 1. The predicted octanol–water partition coefficient (Wildman–Crippen LogP) is 4.80. The maximum atomic E-state index is 12.8. The zero-order valence-corrected chi connectivity index (χ0v) is 24.3. The minimum atomic E-state index is -0.507. The second-order valence-corrected chi connectivity index (χ2v) is 14.0. The third-order valence-electron chi connectivity index (χ3n) is 12.1. The molecule has 7 heteroatoms. The van der Waals surface area contributed by atoms with Crippen molar-refractivity contribution in [2.75, 3.05) is 32.9 Å². The van der Waals surface area contributed by atoms with Gasteiger partial charge in [0.2, 0.25) is 0 Å². The average Bonchev–Trinajstić information content (AvgIpc) is 3.25. The van der Waals surface area contributed by atoms with Crippen molar-refractivity contribution in [3.63, 3.8) is 0 Å². The van der Waals surface area contributed by atoms with Gasteiger partial charge in [-0.15, -0.1) is 0 Å². The largest absolute Gasteiger partial charge is 0.457 e. The second kappa shape index (κ2) is 10.5. The van der Waals surface area contributed by atoms with Gasteiger partial charge in [-0.05, 0) is 113 Å². The van der Waals surface area contributed by atoms with Gasteiger partial charge in [0.05, 0.1) is 13.2 Å². The number of fused-ring (bicyclic) bond motifs is 5. The molecule has 4 saturated carbocycles. The molecule has 38 heavy (non-hydrogen) atoms. The Morgan fingerprint density at radius 2 is 1.63 bits per heavy atom. The lowest BCUT2D eigenvalue weighted by molar-refractivity contribution is -0.187. The molecular formula is C31H49NO6. The number of carbonyl (C=O) groups excluding carboxylic acids is 3. The number of carbonyl (C=O) groups is 3. The van der Waals surface area contributed by atoms with Gasteiger partial charge in [0.1, 0.15) is 17.4 Å². The van der Waals surface area contributed by atoms with Crippen LogP contribution in [0.25, 0.3) is 0 Å². The van der Waals surface area contributed by atoms with Crippen LogP contribution in [0.1, 0.15) is 92.4 Å². The van der Waals surface area contributed by atoms with Crippen LogP contribution in [-0.4, -0.2) is 67.2 Å². The topological polar surface area (TPSA) is 82.1 Å². The molecule has 0 aromatic heterocycles. The van der Waals surface area contributed by atoms with E-state index in [1.54, 1.807) is 6.92 Å². The molecule has 1 aliphatic heterocycles. The molecule has 0 N–H and O–H groups in total. The number of morpholine rings is 1. The molecule has 0 amide bonds. The summed E-state index contributed by atoms with van der Waals surface area (Å²) in [5, 5.41) is 0. The molecule has 9 atom stereocenters. The first-order valence-electron chi connectivity index (χ1n) is 15.2. The molecule has 4 aliphatic carbocycles. The highest BCUT2D eigenvalue weighted by Gasteiger charge is 2.61. The number of esters is 2. The molecule has 0 aromatic carbocycles. The summed E-state index contributed by atoms with van der Waals surface area (Å²) < 4.78 is 16.7. The standard InChI is InChI=1S/C31H49NO6/c1-20(32-14-16-36-17-15-32)28(35)37-19-27(34)38-29(3)12-13-30(4)22(18-29)6-7-23-25-9-8-24(21(2)33)31(25,5)11-10-26(23)30/h20,22-26H,6-19H2,1-5H3/t20-,22-,23-,24+,25-,26-,29+,30-,31+/m0/s1. The van der Waals surface area contributed by atoms with Crippen LogP contribution >= 0.6 is 0 Å². The van der Waals surface area contributed by atoms with Crippen LogP contribution in [0.4, 0.5) is 0 Å². The Morgan fingerprint density at radius 3 is 2.34 bits per heavy atom. The van der Waals surface area contributed by atoms with E-state index in [0.717, 1.165) is 31.6 Å². The van der Waals surface area contributed by atoms with E-state index in [2.05, 4.69) is 20.8 Å². The van der Waals surface area contributed by atoms with E-state index in [-0.39, 0.29) is 29.3 Å². The zero-order valence-electron chi connectivity index (χ0n) is 24.3. The third-order valence-corrected chi connectivity index (χ3v) is 12.1. The van der Waals surface area contributed by atoms with E-state index in [1.165, 1.54) is 32.1 Å². The van der Waals surface area contributed by atoms with Crippen LogP contribution in [0, 0.1) is 40.4 Å². The molecule has 214 valence electrons. The van der Waals surface area contributed by atoms with Crippen LogP contribution in [-0.2, 0) is 28.6 Å². The van der Waals surface area contributed by atoms with Gasteiger partial charge in [0, 0.05) is 19.0 Å². The minimum Gasteiger partial charge on any atom is -0.457 e. The van der Waals surface area contributed by atoms with Crippen LogP contribution in [0.15, 0.2) is 0 Å². The van der Waals surface area contributed by atoms with Gasteiger partial charge in [0.25, 0.3) is 0 Å². The Kier molecular flexibility index (Phi) is 7.75. The lowest BCUT2D eigenvalue weighted by atomic mass is 9.44. The van der Waals surface area contributed by atoms with Gasteiger partial charge < -0.3 is 14.2 Å². The summed E-state index contributed by atoms with van der Waals surface area (Å²) in [6, 6.07) is -0.393. The van der Waals surface area contributed by atoms with Gasteiger partial charge in [-0.1, -0.05) is 13.8 Å². The van der Waals surface area contributed by atoms with Crippen molar-refractivity contribution in [1.82, 2.24) is 4.90 Å². The SMILES string of the molecule is CC(=O)[C@H]1CC[C@H]2[C@@H]3CC[C@H]4C[C@](C)(OC(=O)COC(=O)[C@H](C)N5CCOCC5)CC[C@]4(C)[C@H]3CC[C@]12C. The van der Waals surface area contributed by atoms with Crippen molar-refractivity contribution in [1.29, 1.82) is 0 Å². The fourth-order valence-corrected chi connectivity index (χ4v) is 9.85. The summed E-state index contributed by atoms with van der Waals surface area (Å²) in [7, 11) is 0. The molecule has 0 unspecified atom stereocenters. The van der Waals surface area contributed by atoms with E-state index >= 15 is 0 Å². The van der Waals surface area contributed by atoms with Crippen molar-refractivity contribution in [2.24, 2.45) is 40.4 Å². The highest BCUT2D eigenvalue weighted by atomic mass is 16.6. The lowest BCUT2D eigenvalue weighted by Crippen LogP contribution is -2.56. The first-order chi connectivity index (χ1) is 18.0. The van der Waals surface area contributed by atoms with E-state index < -0.39 is 17.6 Å². The Hall–Kier alpha value is -1.47. The van der Waals surface area contributed by atoms with Crippen molar-refractivity contribution < 1.29 is 28.6 Å². The fourth-order valence-electron chi connectivity index (χ4n) is 9.85. The summed E-state index contributed by atoms with van der Waals surface area (Å²) in [5.74, 6) is 2.45. The number of rotatable bonds is 6. The van der Waals surface area contributed by atoms with Crippen molar-refractivity contribution in [3.8, 4) is 0 Å². The van der Waals surface area contributed by atoms with Crippen molar-refractivity contribution in [2.45, 2.75) is 104 Å². The van der Waals surface area contributed by atoms with Crippen LogP contribution < -0.4 is 0 Å². The Morgan fingerprint density at radius 1 is 0.921 bits per heavy atom. The van der Waals surface area contributed by atoms with Crippen molar-refractivity contribution >= 4 is 17.7 Å². The summed E-state index contributed by atoms with van der Waals surface area (Å²) in [4.78, 5) is 39.7. The van der Waals surface area contributed by atoms with Gasteiger partial charge in [-0.2, -0.15) is 0 Å². The fraction of sp³-hybridized carbons (Fsp3) is 0.903. The Labute approximate surface area is 228 Å². The normalized spacial score (nSPS) is 43.8. The molecule has 0 bridgehead atoms. The van der Waals surface area contributed by atoms with Crippen LogP contribution in [0.5, 0.6) is 0 Å². The van der Waals surface area contributed by atoms with Crippen molar-refractivity contribution in [3.05, 3.63) is 0 Å². The number of ether oxygens (including phenoxy) is 3. The van der Waals surface area contributed by atoms with E-state index in [9.17, 15) is 14.4 Å². The minimum absolute atomic E-state index is 0.186.